The Morgan fingerprint density at radius 2 is 2.00 bits per heavy atom. The van der Waals surface area contributed by atoms with Crippen molar-refractivity contribution in [3.05, 3.63) is 35.3 Å². The smallest absolute Gasteiger partial charge is 0.396 e. The minimum Gasteiger partial charge on any atom is -0.396 e. The van der Waals surface area contributed by atoms with Crippen molar-refractivity contribution in [1.82, 2.24) is 9.97 Å². The van der Waals surface area contributed by atoms with Gasteiger partial charge in [-0.15, -0.1) is 0 Å². The highest BCUT2D eigenvalue weighted by atomic mass is 19.4. The molecule has 0 aliphatic heterocycles. The zero-order valence-corrected chi connectivity index (χ0v) is 11.8. The fourth-order valence-corrected chi connectivity index (χ4v) is 1.83. The summed E-state index contributed by atoms with van der Waals surface area (Å²) < 4.78 is 51.7. The molecule has 0 atom stereocenters. The van der Waals surface area contributed by atoms with E-state index < -0.39 is 23.4 Å². The molecule has 0 saturated carbocycles. The Hall–Kier alpha value is -2.91. The van der Waals surface area contributed by atoms with Crippen LogP contribution in [0.1, 0.15) is 11.1 Å². The maximum Gasteiger partial charge on any atom is 0.421 e. The number of rotatable bonds is 4. The number of nitrogens with zero attached hydrogens (tertiary/aromatic N) is 2. The highest BCUT2D eigenvalue weighted by Crippen LogP contribution is 2.34. The van der Waals surface area contributed by atoms with Crippen molar-refractivity contribution in [2.24, 2.45) is 0 Å². The summed E-state index contributed by atoms with van der Waals surface area (Å²) in [7, 11) is 1.29. The molecular formula is C13H12F4N6. The number of hydrogen-bond acceptors (Lipinski definition) is 6. The van der Waals surface area contributed by atoms with Crippen molar-refractivity contribution in [3.8, 4) is 0 Å². The molecule has 23 heavy (non-hydrogen) atoms. The van der Waals surface area contributed by atoms with E-state index in [0.717, 1.165) is 12.3 Å². The van der Waals surface area contributed by atoms with E-state index in [9.17, 15) is 17.6 Å². The van der Waals surface area contributed by atoms with Crippen molar-refractivity contribution in [2.75, 3.05) is 23.4 Å². The molecule has 0 bridgehead atoms. The molecule has 6 nitrogen and oxygen atoms in total. The molecule has 1 aromatic carbocycles. The Balaban J connectivity index is 2.42. The molecule has 2 rings (SSSR count). The average molecular weight is 328 g/mol. The number of nitrogens with two attached hydrogens (primary N) is 1. The fourth-order valence-electron chi connectivity index (χ4n) is 1.83. The van der Waals surface area contributed by atoms with Crippen LogP contribution < -0.4 is 16.4 Å². The van der Waals surface area contributed by atoms with Gasteiger partial charge in [0.05, 0.1) is 11.4 Å². The number of benzene rings is 1. The maximum atomic E-state index is 13.4. The SMILES string of the molecule is CNc1nc(Nc2ccc(F)c(N)c2C=N)ncc1C(F)(F)F. The Kier molecular flexibility index (Phi) is 4.34. The summed E-state index contributed by atoms with van der Waals surface area (Å²) in [6.07, 6.45) is -3.15. The summed E-state index contributed by atoms with van der Waals surface area (Å²) in [5, 5.41) is 12.2. The molecular weight excluding hydrogens is 316 g/mol. The van der Waals surface area contributed by atoms with Crippen LogP contribution in [0.3, 0.4) is 0 Å². The normalized spacial score (nSPS) is 11.2. The van der Waals surface area contributed by atoms with E-state index in [4.69, 9.17) is 11.1 Å². The van der Waals surface area contributed by atoms with Crippen LogP contribution in [-0.4, -0.2) is 23.2 Å². The van der Waals surface area contributed by atoms with Crippen LogP contribution in [0.5, 0.6) is 0 Å². The first-order valence-electron chi connectivity index (χ1n) is 6.25. The fraction of sp³-hybridized carbons (Fsp3) is 0.154. The van der Waals surface area contributed by atoms with Gasteiger partial charge < -0.3 is 21.8 Å². The van der Waals surface area contributed by atoms with E-state index in [-0.39, 0.29) is 22.9 Å². The standard InChI is InChI=1S/C13H12F4N6/c1-20-11-7(13(15,16)17)5-21-12(23-11)22-9-3-2-8(14)10(19)6(9)4-18/h2-5,18H,19H2,1H3,(H2,20,21,22,23). The van der Waals surface area contributed by atoms with E-state index in [1.165, 1.54) is 13.1 Å². The number of hydrogen-bond donors (Lipinski definition) is 4. The molecule has 122 valence electrons. The number of alkyl halides is 3. The Morgan fingerprint density at radius 3 is 2.57 bits per heavy atom. The maximum absolute atomic E-state index is 13.4. The van der Waals surface area contributed by atoms with Crippen LogP contribution >= 0.6 is 0 Å². The Bertz CT molecular complexity index is 744. The van der Waals surface area contributed by atoms with Crippen molar-refractivity contribution >= 4 is 29.4 Å². The zero-order valence-electron chi connectivity index (χ0n) is 11.8. The van der Waals surface area contributed by atoms with Gasteiger partial charge in [-0.3, -0.25) is 0 Å². The molecule has 0 amide bonds. The molecule has 1 heterocycles. The van der Waals surface area contributed by atoms with E-state index in [1.807, 2.05) is 0 Å². The quantitative estimate of drug-likeness (QED) is 0.393. The third kappa shape index (κ3) is 3.30. The van der Waals surface area contributed by atoms with E-state index in [1.54, 1.807) is 0 Å². The zero-order chi connectivity index (χ0) is 17.2. The second kappa shape index (κ2) is 6.07. The van der Waals surface area contributed by atoms with Crippen LogP contribution in [0.25, 0.3) is 0 Å². The Labute approximate surface area is 128 Å². The van der Waals surface area contributed by atoms with Crippen molar-refractivity contribution in [2.45, 2.75) is 6.18 Å². The highest BCUT2D eigenvalue weighted by molar-refractivity contribution is 5.93. The van der Waals surface area contributed by atoms with Gasteiger partial charge in [0.1, 0.15) is 17.2 Å². The lowest BCUT2D eigenvalue weighted by atomic mass is 10.1. The van der Waals surface area contributed by atoms with Crippen molar-refractivity contribution in [3.63, 3.8) is 0 Å². The first-order valence-corrected chi connectivity index (χ1v) is 6.25. The number of nitrogen functional groups attached to an aromatic ring is 1. The second-order valence-corrected chi connectivity index (χ2v) is 4.40. The topological polar surface area (TPSA) is 99.7 Å². The molecule has 1 aromatic heterocycles. The number of aromatic nitrogens is 2. The van der Waals surface area contributed by atoms with Crippen LogP contribution in [0.15, 0.2) is 18.3 Å². The minimum atomic E-state index is -4.60. The number of nitrogens with one attached hydrogen (secondary N) is 3. The van der Waals surface area contributed by atoms with Gasteiger partial charge in [-0.2, -0.15) is 18.2 Å². The van der Waals surface area contributed by atoms with Gasteiger partial charge >= 0.3 is 6.18 Å². The number of halogens is 4. The molecule has 10 heteroatoms. The molecule has 0 spiro atoms. The molecule has 0 aliphatic carbocycles. The predicted octanol–water partition coefficient (Wildman–Crippen LogP) is 3.00. The van der Waals surface area contributed by atoms with E-state index >= 15 is 0 Å². The van der Waals surface area contributed by atoms with Crippen LogP contribution in [-0.2, 0) is 6.18 Å². The third-order valence-corrected chi connectivity index (χ3v) is 2.96. The predicted molar refractivity (Wildman–Crippen MR) is 78.6 cm³/mol. The monoisotopic (exact) mass is 328 g/mol. The van der Waals surface area contributed by atoms with Crippen LogP contribution in [0.2, 0.25) is 0 Å². The van der Waals surface area contributed by atoms with Gasteiger partial charge in [0.15, 0.2) is 0 Å². The lowest BCUT2D eigenvalue weighted by Crippen LogP contribution is -2.13. The Morgan fingerprint density at radius 1 is 1.30 bits per heavy atom. The summed E-state index contributed by atoms with van der Waals surface area (Å²) in [5.74, 6) is -1.28. The number of anilines is 4. The van der Waals surface area contributed by atoms with Gasteiger partial charge in [0.2, 0.25) is 5.95 Å². The van der Waals surface area contributed by atoms with Crippen LogP contribution in [0, 0.1) is 11.2 Å². The summed E-state index contributed by atoms with van der Waals surface area (Å²) in [6.45, 7) is 0. The molecule has 0 radical (unpaired) electrons. The molecule has 0 aliphatic rings. The molecule has 0 fully saturated rings. The average Bonchev–Trinajstić information content (AvgIpc) is 2.50. The van der Waals surface area contributed by atoms with Gasteiger partial charge in [-0.05, 0) is 12.1 Å². The summed E-state index contributed by atoms with van der Waals surface area (Å²) >= 11 is 0. The van der Waals surface area contributed by atoms with Gasteiger partial charge in [-0.1, -0.05) is 0 Å². The van der Waals surface area contributed by atoms with Gasteiger partial charge in [-0.25, -0.2) is 9.37 Å². The minimum absolute atomic E-state index is 0.0412. The van der Waals surface area contributed by atoms with Crippen LogP contribution in [0.4, 0.5) is 40.7 Å². The first-order chi connectivity index (χ1) is 10.8. The van der Waals surface area contributed by atoms with Gasteiger partial charge in [0.25, 0.3) is 0 Å². The first kappa shape index (κ1) is 16.5. The van der Waals surface area contributed by atoms with E-state index in [0.29, 0.717) is 6.20 Å². The van der Waals surface area contributed by atoms with Crippen molar-refractivity contribution in [1.29, 1.82) is 5.41 Å². The molecule has 0 saturated heterocycles. The summed E-state index contributed by atoms with van der Waals surface area (Å²) in [5.41, 5.74) is 4.48. The lowest BCUT2D eigenvalue weighted by Gasteiger charge is -2.14. The largest absolute Gasteiger partial charge is 0.421 e. The molecule has 5 N–H and O–H groups in total. The molecule has 0 unspecified atom stereocenters. The van der Waals surface area contributed by atoms with Gasteiger partial charge in [0, 0.05) is 25.0 Å². The van der Waals surface area contributed by atoms with E-state index in [2.05, 4.69) is 20.6 Å². The van der Waals surface area contributed by atoms with Crippen molar-refractivity contribution < 1.29 is 17.6 Å². The summed E-state index contributed by atoms with van der Waals surface area (Å²) in [4.78, 5) is 7.30. The summed E-state index contributed by atoms with van der Waals surface area (Å²) in [6, 6.07) is 2.35. The lowest BCUT2D eigenvalue weighted by molar-refractivity contribution is -0.137. The molecule has 2 aromatic rings. The third-order valence-electron chi connectivity index (χ3n) is 2.96. The highest BCUT2D eigenvalue weighted by Gasteiger charge is 2.35. The second-order valence-electron chi connectivity index (χ2n) is 4.40.